The maximum Gasteiger partial charge on any atom is 0.421 e. The predicted molar refractivity (Wildman–Crippen MR) is 115 cm³/mol. The SMILES string of the molecule is FC(F)(F)c1cnc(Nc2ccc(Br)cc2)nc1Nc1ccccc1C1CCCC1. The van der Waals surface area contributed by atoms with Crippen LogP contribution < -0.4 is 10.6 Å². The van der Waals surface area contributed by atoms with Crippen LogP contribution >= 0.6 is 15.9 Å². The van der Waals surface area contributed by atoms with Gasteiger partial charge in [-0.05, 0) is 54.7 Å². The van der Waals surface area contributed by atoms with E-state index in [2.05, 4.69) is 36.5 Å². The van der Waals surface area contributed by atoms with Crippen LogP contribution in [0.15, 0.2) is 59.2 Å². The lowest BCUT2D eigenvalue weighted by atomic mass is 9.96. The summed E-state index contributed by atoms with van der Waals surface area (Å²) < 4.78 is 41.7. The first-order valence-electron chi connectivity index (χ1n) is 9.73. The largest absolute Gasteiger partial charge is 0.421 e. The van der Waals surface area contributed by atoms with E-state index in [1.165, 1.54) is 0 Å². The quantitative estimate of drug-likeness (QED) is 0.402. The third-order valence-electron chi connectivity index (χ3n) is 5.20. The van der Waals surface area contributed by atoms with Crippen molar-refractivity contribution in [1.29, 1.82) is 0 Å². The van der Waals surface area contributed by atoms with Crippen molar-refractivity contribution in [2.24, 2.45) is 0 Å². The van der Waals surface area contributed by atoms with E-state index in [1.807, 2.05) is 30.3 Å². The van der Waals surface area contributed by atoms with Crippen molar-refractivity contribution in [2.45, 2.75) is 37.8 Å². The number of nitrogens with one attached hydrogen (secondary N) is 2. The molecule has 0 bridgehead atoms. The molecular weight excluding hydrogens is 457 g/mol. The number of hydrogen-bond acceptors (Lipinski definition) is 4. The lowest BCUT2D eigenvalue weighted by Crippen LogP contribution is -2.13. The van der Waals surface area contributed by atoms with Crippen molar-refractivity contribution < 1.29 is 13.2 Å². The maximum absolute atomic E-state index is 13.6. The Morgan fingerprint density at radius 2 is 1.63 bits per heavy atom. The van der Waals surface area contributed by atoms with Gasteiger partial charge >= 0.3 is 6.18 Å². The van der Waals surface area contributed by atoms with E-state index in [9.17, 15) is 13.2 Å². The fourth-order valence-corrected chi connectivity index (χ4v) is 4.00. The Balaban J connectivity index is 1.68. The third-order valence-corrected chi connectivity index (χ3v) is 5.73. The molecule has 1 aliphatic carbocycles. The van der Waals surface area contributed by atoms with Crippen LogP contribution in [-0.4, -0.2) is 9.97 Å². The Hall–Kier alpha value is -2.61. The third kappa shape index (κ3) is 4.75. The molecule has 1 aromatic heterocycles. The molecule has 1 fully saturated rings. The Labute approximate surface area is 181 Å². The zero-order chi connectivity index (χ0) is 21.1. The van der Waals surface area contributed by atoms with Crippen molar-refractivity contribution in [3.8, 4) is 0 Å². The Kier molecular flexibility index (Phi) is 5.94. The van der Waals surface area contributed by atoms with Gasteiger partial charge in [-0.2, -0.15) is 18.2 Å². The monoisotopic (exact) mass is 476 g/mol. The minimum atomic E-state index is -4.57. The van der Waals surface area contributed by atoms with E-state index < -0.39 is 11.7 Å². The van der Waals surface area contributed by atoms with Crippen LogP contribution in [0.2, 0.25) is 0 Å². The number of rotatable bonds is 5. The second-order valence-electron chi connectivity index (χ2n) is 7.28. The maximum atomic E-state index is 13.6. The summed E-state index contributed by atoms with van der Waals surface area (Å²) in [6.07, 6.45) is 0.620. The Morgan fingerprint density at radius 3 is 2.33 bits per heavy atom. The molecule has 0 saturated heterocycles. The predicted octanol–water partition coefficient (Wildman–Crippen LogP) is 7.40. The van der Waals surface area contributed by atoms with Crippen LogP contribution in [0, 0.1) is 0 Å². The highest BCUT2D eigenvalue weighted by molar-refractivity contribution is 9.10. The molecule has 1 heterocycles. The number of para-hydroxylation sites is 1. The second-order valence-corrected chi connectivity index (χ2v) is 8.19. The van der Waals surface area contributed by atoms with Crippen LogP contribution in [0.25, 0.3) is 0 Å². The molecule has 4 nitrogen and oxygen atoms in total. The Bertz CT molecular complexity index is 1020. The minimum absolute atomic E-state index is 0.0890. The molecular formula is C22H20BrF3N4. The van der Waals surface area contributed by atoms with E-state index >= 15 is 0 Å². The number of anilines is 4. The van der Waals surface area contributed by atoms with E-state index in [0.29, 0.717) is 17.3 Å². The molecule has 2 aromatic carbocycles. The summed E-state index contributed by atoms with van der Waals surface area (Å²) in [4.78, 5) is 8.03. The molecule has 0 radical (unpaired) electrons. The average molecular weight is 477 g/mol. The van der Waals surface area contributed by atoms with E-state index in [1.54, 1.807) is 18.2 Å². The van der Waals surface area contributed by atoms with Gasteiger partial charge in [0.1, 0.15) is 11.4 Å². The number of benzene rings is 2. The van der Waals surface area contributed by atoms with Crippen LogP contribution in [0.1, 0.15) is 42.7 Å². The summed E-state index contributed by atoms with van der Waals surface area (Å²) in [5.41, 5.74) is 1.47. The molecule has 0 unspecified atom stereocenters. The van der Waals surface area contributed by atoms with Gasteiger partial charge in [0.2, 0.25) is 5.95 Å². The lowest BCUT2D eigenvalue weighted by Gasteiger charge is -2.19. The van der Waals surface area contributed by atoms with E-state index in [4.69, 9.17) is 0 Å². The number of halogens is 4. The van der Waals surface area contributed by atoms with Crippen LogP contribution in [0.4, 0.5) is 36.3 Å². The summed E-state index contributed by atoms with van der Waals surface area (Å²) in [5, 5.41) is 5.90. The van der Waals surface area contributed by atoms with Gasteiger partial charge in [-0.1, -0.05) is 47.0 Å². The molecule has 3 aromatic rings. The molecule has 2 N–H and O–H groups in total. The molecule has 1 aliphatic rings. The second kappa shape index (κ2) is 8.63. The summed E-state index contributed by atoms with van der Waals surface area (Å²) in [5.74, 6) is 0.180. The fraction of sp³-hybridized carbons (Fsp3) is 0.273. The molecule has 8 heteroatoms. The van der Waals surface area contributed by atoms with Crippen LogP contribution in [0.5, 0.6) is 0 Å². The van der Waals surface area contributed by atoms with Gasteiger partial charge in [-0.25, -0.2) is 4.98 Å². The van der Waals surface area contributed by atoms with Gasteiger partial charge in [0, 0.05) is 22.0 Å². The van der Waals surface area contributed by atoms with Gasteiger partial charge < -0.3 is 10.6 Å². The summed E-state index contributed by atoms with van der Waals surface area (Å²) in [6, 6.07) is 14.7. The van der Waals surface area contributed by atoms with Crippen molar-refractivity contribution >= 4 is 39.1 Å². The summed E-state index contributed by atoms with van der Waals surface area (Å²) in [6.45, 7) is 0. The highest BCUT2D eigenvalue weighted by Gasteiger charge is 2.35. The number of alkyl halides is 3. The topological polar surface area (TPSA) is 49.8 Å². The molecule has 156 valence electrons. The van der Waals surface area contributed by atoms with Gasteiger partial charge in [0.15, 0.2) is 0 Å². The van der Waals surface area contributed by atoms with E-state index in [0.717, 1.165) is 41.9 Å². The van der Waals surface area contributed by atoms with E-state index in [-0.39, 0.29) is 11.8 Å². The molecule has 0 atom stereocenters. The average Bonchev–Trinajstić information content (AvgIpc) is 3.24. The highest BCUT2D eigenvalue weighted by Crippen LogP contribution is 2.40. The number of nitrogens with zero attached hydrogens (tertiary/aromatic N) is 2. The zero-order valence-electron chi connectivity index (χ0n) is 16.0. The normalized spacial score (nSPS) is 14.7. The number of aromatic nitrogens is 2. The summed E-state index contributed by atoms with van der Waals surface area (Å²) in [7, 11) is 0. The minimum Gasteiger partial charge on any atom is -0.339 e. The summed E-state index contributed by atoms with van der Waals surface area (Å²) >= 11 is 3.35. The first-order chi connectivity index (χ1) is 14.4. The smallest absolute Gasteiger partial charge is 0.339 e. The van der Waals surface area contributed by atoms with Crippen molar-refractivity contribution in [1.82, 2.24) is 9.97 Å². The molecule has 0 aliphatic heterocycles. The molecule has 4 rings (SSSR count). The standard InChI is InChI=1S/C22H20BrF3N4/c23-15-9-11-16(12-10-15)28-21-27-13-18(22(24,25)26)20(30-21)29-19-8-4-3-7-17(19)14-5-1-2-6-14/h3-4,7-14H,1-2,5-6H2,(H2,27,28,29,30). The Morgan fingerprint density at radius 1 is 0.933 bits per heavy atom. The molecule has 30 heavy (non-hydrogen) atoms. The first-order valence-corrected chi connectivity index (χ1v) is 10.5. The van der Waals surface area contributed by atoms with Gasteiger partial charge in [-0.15, -0.1) is 0 Å². The first kappa shape index (κ1) is 20.7. The highest BCUT2D eigenvalue weighted by atomic mass is 79.9. The van der Waals surface area contributed by atoms with Crippen molar-refractivity contribution in [3.05, 3.63) is 70.3 Å². The fourth-order valence-electron chi connectivity index (χ4n) is 3.74. The molecule has 1 saturated carbocycles. The zero-order valence-corrected chi connectivity index (χ0v) is 17.6. The van der Waals surface area contributed by atoms with Gasteiger partial charge in [0.05, 0.1) is 0 Å². The van der Waals surface area contributed by atoms with Gasteiger partial charge in [-0.3, -0.25) is 0 Å². The molecule has 0 spiro atoms. The van der Waals surface area contributed by atoms with Crippen LogP contribution in [-0.2, 0) is 6.18 Å². The van der Waals surface area contributed by atoms with Gasteiger partial charge in [0.25, 0.3) is 0 Å². The molecule has 0 amide bonds. The number of hydrogen-bond donors (Lipinski definition) is 2. The lowest BCUT2D eigenvalue weighted by molar-refractivity contribution is -0.137. The van der Waals surface area contributed by atoms with Crippen molar-refractivity contribution in [2.75, 3.05) is 10.6 Å². The van der Waals surface area contributed by atoms with Crippen molar-refractivity contribution in [3.63, 3.8) is 0 Å². The van der Waals surface area contributed by atoms with Crippen LogP contribution in [0.3, 0.4) is 0 Å².